The zero-order valence-corrected chi connectivity index (χ0v) is 19.5. The van der Waals surface area contributed by atoms with Gasteiger partial charge in [-0.15, -0.1) is 0 Å². The molecule has 0 saturated carbocycles. The van der Waals surface area contributed by atoms with Crippen LogP contribution in [0.15, 0.2) is 83.4 Å². The van der Waals surface area contributed by atoms with Gasteiger partial charge in [-0.3, -0.25) is 14.5 Å². The van der Waals surface area contributed by atoms with Gasteiger partial charge in [0.05, 0.1) is 5.25 Å². The van der Waals surface area contributed by atoms with Crippen LogP contribution < -0.4 is 10.2 Å². The summed E-state index contributed by atoms with van der Waals surface area (Å²) in [5.41, 5.74) is 3.87. The van der Waals surface area contributed by atoms with Crippen LogP contribution in [0.5, 0.6) is 0 Å². The molecule has 4 rings (SSSR count). The van der Waals surface area contributed by atoms with Gasteiger partial charge in [-0.25, -0.2) is 4.39 Å². The lowest BCUT2D eigenvalue weighted by Crippen LogP contribution is -2.31. The Morgan fingerprint density at radius 3 is 2.41 bits per heavy atom. The number of nitrogens with one attached hydrogen (secondary N) is 1. The van der Waals surface area contributed by atoms with Crippen LogP contribution in [0.4, 0.5) is 15.8 Å². The van der Waals surface area contributed by atoms with Gasteiger partial charge in [0, 0.05) is 11.4 Å². The van der Waals surface area contributed by atoms with Crippen LogP contribution in [0, 0.1) is 31.0 Å². The van der Waals surface area contributed by atoms with Crippen LogP contribution >= 0.6 is 11.8 Å². The number of nitrogens with zero attached hydrogens (tertiary/aromatic N) is 2. The molecule has 0 aromatic heterocycles. The number of thioether (sulfide) groups is 1. The molecule has 5 nitrogen and oxygen atoms in total. The SMILES string of the molecule is Cc1ccc(NC(=O)/C(C#N)=C2\SC(Cc3cccc(C)c3)C(=O)N2c2ccc(F)cc2)cc1. The number of nitriles is 1. The number of hydrogen-bond donors (Lipinski definition) is 1. The minimum Gasteiger partial charge on any atom is -0.321 e. The van der Waals surface area contributed by atoms with Gasteiger partial charge in [0.25, 0.3) is 5.91 Å². The average Bonchev–Trinajstić information content (AvgIpc) is 3.12. The molecule has 34 heavy (non-hydrogen) atoms. The maximum Gasteiger partial charge on any atom is 0.269 e. The van der Waals surface area contributed by atoms with E-state index in [0.29, 0.717) is 17.8 Å². The fourth-order valence-electron chi connectivity index (χ4n) is 3.70. The van der Waals surface area contributed by atoms with E-state index in [4.69, 9.17) is 0 Å². The highest BCUT2D eigenvalue weighted by atomic mass is 32.2. The molecule has 1 atom stereocenters. The van der Waals surface area contributed by atoms with Crippen molar-refractivity contribution in [1.29, 1.82) is 5.26 Å². The van der Waals surface area contributed by atoms with Crippen LogP contribution in [0.25, 0.3) is 0 Å². The summed E-state index contributed by atoms with van der Waals surface area (Å²) in [6.07, 6.45) is 0.435. The summed E-state index contributed by atoms with van der Waals surface area (Å²) in [6.45, 7) is 3.91. The number of amides is 2. The van der Waals surface area contributed by atoms with Crippen molar-refractivity contribution in [3.63, 3.8) is 0 Å². The molecule has 1 saturated heterocycles. The summed E-state index contributed by atoms with van der Waals surface area (Å²) in [5, 5.41) is 12.3. The Bertz CT molecular complexity index is 1310. The van der Waals surface area contributed by atoms with Gasteiger partial charge < -0.3 is 5.32 Å². The van der Waals surface area contributed by atoms with Crippen molar-refractivity contribution in [3.8, 4) is 6.07 Å². The van der Waals surface area contributed by atoms with E-state index in [0.717, 1.165) is 16.7 Å². The van der Waals surface area contributed by atoms with Crippen molar-refractivity contribution in [3.05, 3.63) is 106 Å². The van der Waals surface area contributed by atoms with Crippen LogP contribution in [0.3, 0.4) is 0 Å². The first-order chi connectivity index (χ1) is 16.4. The largest absolute Gasteiger partial charge is 0.321 e. The fraction of sp³-hybridized carbons (Fsp3) is 0.148. The number of aryl methyl sites for hydroxylation is 2. The van der Waals surface area contributed by atoms with Crippen molar-refractivity contribution in [2.45, 2.75) is 25.5 Å². The van der Waals surface area contributed by atoms with Gasteiger partial charge in [0.1, 0.15) is 22.5 Å². The van der Waals surface area contributed by atoms with Crippen molar-refractivity contribution in [2.75, 3.05) is 10.2 Å². The van der Waals surface area contributed by atoms with Crippen LogP contribution in [0.1, 0.15) is 16.7 Å². The van der Waals surface area contributed by atoms with E-state index < -0.39 is 17.0 Å². The molecule has 1 heterocycles. The summed E-state index contributed by atoms with van der Waals surface area (Å²) in [6, 6.07) is 22.5. The highest BCUT2D eigenvalue weighted by Crippen LogP contribution is 2.42. The molecule has 0 radical (unpaired) electrons. The molecule has 2 amide bonds. The predicted octanol–water partition coefficient (Wildman–Crippen LogP) is 5.51. The smallest absolute Gasteiger partial charge is 0.269 e. The molecule has 1 aliphatic heterocycles. The molecule has 170 valence electrons. The standard InChI is InChI=1S/C27H22FN3O2S/c1-17-6-10-21(11-7-17)30-25(32)23(16-29)27-31(22-12-8-20(28)9-13-22)26(33)24(34-27)15-19-5-3-4-18(2)14-19/h3-14,24H,15H2,1-2H3,(H,30,32)/b27-23-. The number of carbonyl (C=O) groups is 2. The summed E-state index contributed by atoms with van der Waals surface area (Å²) in [5.74, 6) is -1.31. The number of hydrogen-bond acceptors (Lipinski definition) is 4. The van der Waals surface area contributed by atoms with E-state index in [1.54, 1.807) is 12.1 Å². The fourth-order valence-corrected chi connectivity index (χ4v) is 5.00. The van der Waals surface area contributed by atoms with E-state index in [9.17, 15) is 19.2 Å². The summed E-state index contributed by atoms with van der Waals surface area (Å²) in [7, 11) is 0. The maximum absolute atomic E-state index is 13.6. The lowest BCUT2D eigenvalue weighted by atomic mass is 10.1. The molecule has 7 heteroatoms. The monoisotopic (exact) mass is 471 g/mol. The maximum atomic E-state index is 13.6. The molecule has 0 spiro atoms. The van der Waals surface area contributed by atoms with Gasteiger partial charge in [0.2, 0.25) is 5.91 Å². The topological polar surface area (TPSA) is 73.2 Å². The first-order valence-electron chi connectivity index (χ1n) is 10.7. The Morgan fingerprint density at radius 1 is 1.06 bits per heavy atom. The lowest BCUT2D eigenvalue weighted by molar-refractivity contribution is -0.117. The van der Waals surface area contributed by atoms with Gasteiger partial charge in [-0.05, 0) is 62.2 Å². The summed E-state index contributed by atoms with van der Waals surface area (Å²) in [4.78, 5) is 27.9. The molecular formula is C27H22FN3O2S. The van der Waals surface area contributed by atoms with Crippen molar-refractivity contribution >= 4 is 35.0 Å². The third kappa shape index (κ3) is 5.03. The molecule has 3 aromatic rings. The van der Waals surface area contributed by atoms with Gasteiger partial charge in [-0.2, -0.15) is 5.26 Å². The van der Waals surface area contributed by atoms with Crippen molar-refractivity contribution in [1.82, 2.24) is 0 Å². The minimum absolute atomic E-state index is 0.171. The van der Waals surface area contributed by atoms with Gasteiger partial charge >= 0.3 is 0 Å². The van der Waals surface area contributed by atoms with Crippen molar-refractivity contribution in [2.24, 2.45) is 0 Å². The van der Waals surface area contributed by atoms with Gasteiger partial charge in [0.15, 0.2) is 0 Å². The second-order valence-corrected chi connectivity index (χ2v) is 9.25. The quantitative estimate of drug-likeness (QED) is 0.394. The Balaban J connectivity index is 1.72. The molecule has 1 aliphatic rings. The molecule has 1 N–H and O–H groups in total. The zero-order chi connectivity index (χ0) is 24.2. The van der Waals surface area contributed by atoms with Crippen LogP contribution in [0.2, 0.25) is 0 Å². The van der Waals surface area contributed by atoms with E-state index in [2.05, 4.69) is 5.32 Å². The Hall–Kier alpha value is -3.89. The summed E-state index contributed by atoms with van der Waals surface area (Å²) >= 11 is 1.18. The number of anilines is 2. The lowest BCUT2D eigenvalue weighted by Gasteiger charge is -2.18. The molecule has 1 fully saturated rings. The van der Waals surface area contributed by atoms with E-state index in [1.807, 2.05) is 56.3 Å². The Labute approximate surface area is 201 Å². The third-order valence-electron chi connectivity index (χ3n) is 5.40. The predicted molar refractivity (Wildman–Crippen MR) is 133 cm³/mol. The molecule has 3 aromatic carbocycles. The highest BCUT2D eigenvalue weighted by Gasteiger charge is 2.40. The van der Waals surface area contributed by atoms with Gasteiger partial charge in [-0.1, -0.05) is 59.3 Å². The number of rotatable bonds is 5. The number of halogens is 1. The first-order valence-corrected chi connectivity index (χ1v) is 11.6. The molecular weight excluding hydrogens is 449 g/mol. The van der Waals surface area contributed by atoms with Crippen molar-refractivity contribution < 1.29 is 14.0 Å². The summed E-state index contributed by atoms with van der Waals surface area (Å²) < 4.78 is 13.6. The number of benzene rings is 3. The van der Waals surface area contributed by atoms with Crippen LogP contribution in [-0.4, -0.2) is 17.1 Å². The second kappa shape index (κ2) is 9.94. The van der Waals surface area contributed by atoms with Crippen LogP contribution in [-0.2, 0) is 16.0 Å². The minimum atomic E-state index is -0.607. The molecule has 0 aliphatic carbocycles. The Morgan fingerprint density at radius 2 is 1.76 bits per heavy atom. The third-order valence-corrected chi connectivity index (χ3v) is 6.67. The second-order valence-electron chi connectivity index (χ2n) is 8.06. The average molecular weight is 472 g/mol. The first kappa shape index (κ1) is 23.3. The van der Waals surface area contributed by atoms with E-state index in [-0.39, 0.29) is 16.5 Å². The molecule has 0 bridgehead atoms. The Kier molecular flexibility index (Phi) is 6.80. The number of carbonyl (C=O) groups excluding carboxylic acids is 2. The normalized spacial score (nSPS) is 16.8. The zero-order valence-electron chi connectivity index (χ0n) is 18.7. The van der Waals surface area contributed by atoms with E-state index >= 15 is 0 Å². The highest BCUT2D eigenvalue weighted by molar-refractivity contribution is 8.05. The molecule has 1 unspecified atom stereocenters. The van der Waals surface area contributed by atoms with E-state index in [1.165, 1.54) is 40.9 Å².